The van der Waals surface area contributed by atoms with Gasteiger partial charge in [0.1, 0.15) is 6.04 Å². The molecule has 0 fully saturated rings. The van der Waals surface area contributed by atoms with Gasteiger partial charge in [-0.25, -0.2) is 9.59 Å². The average molecular weight is 336 g/mol. The highest BCUT2D eigenvalue weighted by Crippen LogP contribution is 2.06. The number of alkyl halides is 1. The summed E-state index contributed by atoms with van der Waals surface area (Å²) in [6.45, 7) is 6.32. The summed E-state index contributed by atoms with van der Waals surface area (Å²) in [4.78, 5) is 24.9. The zero-order valence-corrected chi connectivity index (χ0v) is 15.0. The smallest absolute Gasteiger partial charge is 0.410 e. The molecule has 0 aliphatic heterocycles. The number of unbranched alkanes of at least 4 members (excludes halogenated alkanes) is 4. The first-order valence-electron chi connectivity index (χ1n) is 8.06. The number of hydrogen-bond acceptors (Lipinski definition) is 4. The minimum absolute atomic E-state index is 0.0874. The van der Waals surface area contributed by atoms with Gasteiger partial charge in [0.05, 0.1) is 13.2 Å². The molecule has 0 radical (unpaired) electrons. The fourth-order valence-electron chi connectivity index (χ4n) is 1.68. The molecular formula is C16H30ClNO4. The maximum Gasteiger partial charge on any atom is 0.410 e. The van der Waals surface area contributed by atoms with E-state index in [0.29, 0.717) is 12.5 Å². The average Bonchev–Trinajstić information content (AvgIpc) is 2.53. The molecule has 0 bridgehead atoms. The van der Waals surface area contributed by atoms with E-state index in [4.69, 9.17) is 21.1 Å². The van der Waals surface area contributed by atoms with Gasteiger partial charge < -0.3 is 9.47 Å². The highest BCUT2D eigenvalue weighted by Gasteiger charge is 2.25. The van der Waals surface area contributed by atoms with Crippen LogP contribution in [0.25, 0.3) is 0 Å². The molecule has 2 unspecified atom stereocenters. The fourth-order valence-corrected chi connectivity index (χ4v) is 1.76. The number of carbonyl (C=O) groups is 2. The van der Waals surface area contributed by atoms with Gasteiger partial charge >= 0.3 is 12.1 Å². The van der Waals surface area contributed by atoms with E-state index in [1.54, 1.807) is 6.92 Å². The van der Waals surface area contributed by atoms with Crippen LogP contribution in [0.5, 0.6) is 0 Å². The zero-order valence-electron chi connectivity index (χ0n) is 14.3. The van der Waals surface area contributed by atoms with Gasteiger partial charge in [0.25, 0.3) is 0 Å². The van der Waals surface area contributed by atoms with Gasteiger partial charge in [-0.3, -0.25) is 4.90 Å². The number of esters is 1. The summed E-state index contributed by atoms with van der Waals surface area (Å²) in [6.07, 6.45) is 4.94. The van der Waals surface area contributed by atoms with E-state index in [9.17, 15) is 9.59 Å². The lowest BCUT2D eigenvalue weighted by Crippen LogP contribution is -2.42. The summed E-state index contributed by atoms with van der Waals surface area (Å²) < 4.78 is 10.3. The Morgan fingerprint density at radius 1 is 1.09 bits per heavy atom. The van der Waals surface area contributed by atoms with Crippen LogP contribution in [0.15, 0.2) is 0 Å². The molecule has 0 spiro atoms. The van der Waals surface area contributed by atoms with Crippen molar-refractivity contribution < 1.29 is 19.1 Å². The van der Waals surface area contributed by atoms with Crippen LogP contribution in [-0.2, 0) is 14.3 Å². The predicted molar refractivity (Wildman–Crippen MR) is 88.2 cm³/mol. The Morgan fingerprint density at radius 2 is 1.73 bits per heavy atom. The van der Waals surface area contributed by atoms with E-state index < -0.39 is 18.1 Å². The molecule has 6 heteroatoms. The number of carbonyl (C=O) groups excluding carboxylic acids is 2. The summed E-state index contributed by atoms with van der Waals surface area (Å²) in [5.41, 5.74) is 0. The van der Waals surface area contributed by atoms with Gasteiger partial charge in [-0.05, 0) is 13.3 Å². The third-order valence-electron chi connectivity index (χ3n) is 3.46. The Bertz CT molecular complexity index is 325. The first-order valence-corrected chi connectivity index (χ1v) is 8.59. The van der Waals surface area contributed by atoms with Crippen LogP contribution in [0.1, 0.15) is 52.9 Å². The van der Waals surface area contributed by atoms with Crippen LogP contribution in [-0.4, -0.2) is 49.1 Å². The topological polar surface area (TPSA) is 55.8 Å². The first kappa shape index (κ1) is 21.0. The zero-order chi connectivity index (χ0) is 17.0. The summed E-state index contributed by atoms with van der Waals surface area (Å²) in [5, 5.41) is 0. The summed E-state index contributed by atoms with van der Waals surface area (Å²) >= 11 is 5.65. The molecule has 5 nitrogen and oxygen atoms in total. The van der Waals surface area contributed by atoms with Gasteiger partial charge in [-0.1, -0.05) is 39.5 Å². The summed E-state index contributed by atoms with van der Waals surface area (Å²) in [7, 11) is 1.53. The Morgan fingerprint density at radius 3 is 2.32 bits per heavy atom. The van der Waals surface area contributed by atoms with Crippen molar-refractivity contribution >= 4 is 23.7 Å². The van der Waals surface area contributed by atoms with Gasteiger partial charge in [-0.2, -0.15) is 0 Å². The Kier molecular flexibility index (Phi) is 12.0. The van der Waals surface area contributed by atoms with Crippen molar-refractivity contribution in [1.29, 1.82) is 0 Å². The van der Waals surface area contributed by atoms with E-state index in [1.807, 2.05) is 6.92 Å². The minimum Gasteiger partial charge on any atom is -0.464 e. The minimum atomic E-state index is -0.658. The molecule has 130 valence electrons. The fraction of sp³-hybridized carbons (Fsp3) is 0.875. The maximum absolute atomic E-state index is 11.9. The number of likely N-dealkylation sites (N-methyl/N-ethyl adjacent to an activating group) is 1. The second-order valence-electron chi connectivity index (χ2n) is 5.70. The molecule has 0 aromatic rings. The molecule has 0 aromatic carbocycles. The molecule has 0 aliphatic carbocycles. The lowest BCUT2D eigenvalue weighted by atomic mass is 10.2. The van der Waals surface area contributed by atoms with Crippen molar-refractivity contribution in [3.8, 4) is 0 Å². The van der Waals surface area contributed by atoms with Crippen molar-refractivity contribution in [3.63, 3.8) is 0 Å². The molecule has 0 rings (SSSR count). The van der Waals surface area contributed by atoms with Crippen molar-refractivity contribution in [1.82, 2.24) is 4.90 Å². The quantitative estimate of drug-likeness (QED) is 0.327. The van der Waals surface area contributed by atoms with Gasteiger partial charge in [0.15, 0.2) is 0 Å². The third kappa shape index (κ3) is 9.13. The Hall–Kier alpha value is -0.970. The molecule has 0 aliphatic rings. The summed E-state index contributed by atoms with van der Waals surface area (Å²) in [6, 6.07) is -0.658. The number of rotatable bonds is 11. The third-order valence-corrected chi connectivity index (χ3v) is 3.98. The molecule has 0 aromatic heterocycles. The second kappa shape index (κ2) is 12.6. The highest BCUT2D eigenvalue weighted by molar-refractivity contribution is 6.18. The van der Waals surface area contributed by atoms with Gasteiger partial charge in [-0.15, -0.1) is 11.6 Å². The number of amides is 1. The monoisotopic (exact) mass is 335 g/mol. The lowest BCUT2D eigenvalue weighted by Gasteiger charge is -2.23. The van der Waals surface area contributed by atoms with Crippen LogP contribution in [0.3, 0.4) is 0 Å². The van der Waals surface area contributed by atoms with E-state index in [1.165, 1.54) is 24.8 Å². The van der Waals surface area contributed by atoms with Crippen LogP contribution in [0, 0.1) is 5.92 Å². The van der Waals surface area contributed by atoms with E-state index in [2.05, 4.69) is 6.92 Å². The van der Waals surface area contributed by atoms with Crippen LogP contribution in [0.4, 0.5) is 4.79 Å². The van der Waals surface area contributed by atoms with Gasteiger partial charge in [0.2, 0.25) is 0 Å². The molecule has 0 saturated carbocycles. The Balaban J connectivity index is 3.97. The molecule has 0 heterocycles. The Labute approximate surface area is 139 Å². The lowest BCUT2D eigenvalue weighted by molar-refractivity contribution is -0.148. The van der Waals surface area contributed by atoms with Crippen molar-refractivity contribution in [2.24, 2.45) is 5.92 Å². The molecule has 0 saturated heterocycles. The van der Waals surface area contributed by atoms with Gasteiger partial charge in [0, 0.05) is 18.8 Å². The van der Waals surface area contributed by atoms with E-state index in [-0.39, 0.29) is 12.5 Å². The van der Waals surface area contributed by atoms with Crippen LogP contribution < -0.4 is 0 Å². The molecular weight excluding hydrogens is 306 g/mol. The standard InChI is InChI=1S/C16H30ClNO4/c1-5-6-7-8-9-10-21-15(19)14(3)18(4)16(20)22-12-13(2)11-17/h13-14H,5-12H2,1-4H3. The molecule has 22 heavy (non-hydrogen) atoms. The van der Waals surface area contributed by atoms with Crippen molar-refractivity contribution in [2.75, 3.05) is 26.1 Å². The van der Waals surface area contributed by atoms with E-state index >= 15 is 0 Å². The van der Waals surface area contributed by atoms with Crippen molar-refractivity contribution in [2.45, 2.75) is 58.9 Å². The second-order valence-corrected chi connectivity index (χ2v) is 6.01. The number of ether oxygens (including phenoxy) is 2. The first-order chi connectivity index (χ1) is 10.4. The normalized spacial score (nSPS) is 13.3. The van der Waals surface area contributed by atoms with Crippen LogP contribution >= 0.6 is 11.6 Å². The maximum atomic E-state index is 11.9. The van der Waals surface area contributed by atoms with E-state index in [0.717, 1.165) is 19.3 Å². The van der Waals surface area contributed by atoms with Crippen molar-refractivity contribution in [3.05, 3.63) is 0 Å². The molecule has 0 N–H and O–H groups in total. The largest absolute Gasteiger partial charge is 0.464 e. The predicted octanol–water partition coefficient (Wildman–Crippen LogP) is 3.83. The molecule has 1 amide bonds. The number of nitrogens with zero attached hydrogens (tertiary/aromatic N) is 1. The SMILES string of the molecule is CCCCCCCOC(=O)C(C)N(C)C(=O)OCC(C)CCl. The van der Waals surface area contributed by atoms with Crippen LogP contribution in [0.2, 0.25) is 0 Å². The number of halogens is 1. The summed E-state index contributed by atoms with van der Waals surface area (Å²) in [5.74, 6) is 0.108. The highest BCUT2D eigenvalue weighted by atomic mass is 35.5. The molecule has 2 atom stereocenters. The number of hydrogen-bond donors (Lipinski definition) is 0.